The summed E-state index contributed by atoms with van der Waals surface area (Å²) in [6.45, 7) is 1.29. The van der Waals surface area contributed by atoms with Crippen molar-refractivity contribution in [3.05, 3.63) is 23.9 Å². The molecule has 3 N–H and O–H groups in total. The summed E-state index contributed by atoms with van der Waals surface area (Å²) in [6, 6.07) is 5.21. The molecule has 0 radical (unpaired) electrons. The molecular formula is C13H19N3O3. The molecule has 0 aliphatic carbocycles. The highest BCUT2D eigenvalue weighted by atomic mass is 16.5. The van der Waals surface area contributed by atoms with Crippen LogP contribution in [0.5, 0.6) is 0 Å². The maximum atomic E-state index is 11.5. The van der Waals surface area contributed by atoms with Crippen LogP contribution in [-0.2, 0) is 4.74 Å². The van der Waals surface area contributed by atoms with Crippen molar-refractivity contribution < 1.29 is 14.6 Å². The third kappa shape index (κ3) is 3.02. The second kappa shape index (κ2) is 5.54. The molecule has 1 aliphatic rings. The number of hydrogen-bond acceptors (Lipinski definition) is 6. The number of nitrogens with zero attached hydrogens (tertiary/aromatic N) is 2. The van der Waals surface area contributed by atoms with Crippen molar-refractivity contribution in [2.24, 2.45) is 5.73 Å². The van der Waals surface area contributed by atoms with Crippen LogP contribution in [0.25, 0.3) is 0 Å². The van der Waals surface area contributed by atoms with E-state index >= 15 is 0 Å². The lowest BCUT2D eigenvalue weighted by atomic mass is 9.91. The molecule has 1 fully saturated rings. The predicted octanol–water partition coefficient (Wildman–Crippen LogP) is 0.158. The summed E-state index contributed by atoms with van der Waals surface area (Å²) in [7, 11) is 1.33. The van der Waals surface area contributed by atoms with Crippen LogP contribution in [0.1, 0.15) is 23.3 Å². The molecule has 6 heteroatoms. The Balaban J connectivity index is 2.19. The Morgan fingerprint density at radius 1 is 1.63 bits per heavy atom. The van der Waals surface area contributed by atoms with E-state index in [2.05, 4.69) is 9.72 Å². The van der Waals surface area contributed by atoms with E-state index in [0.717, 1.165) is 19.4 Å². The number of anilines is 1. The van der Waals surface area contributed by atoms with Crippen LogP contribution in [0.4, 0.5) is 5.82 Å². The first kappa shape index (κ1) is 13.8. The van der Waals surface area contributed by atoms with Gasteiger partial charge in [-0.25, -0.2) is 9.78 Å². The number of rotatable bonds is 3. The first-order valence-corrected chi connectivity index (χ1v) is 6.28. The molecule has 1 saturated heterocycles. The molecule has 104 valence electrons. The molecule has 19 heavy (non-hydrogen) atoms. The van der Waals surface area contributed by atoms with Crippen LogP contribution in [-0.4, -0.2) is 48.4 Å². The number of esters is 1. The average Bonchev–Trinajstić information content (AvgIpc) is 2.46. The van der Waals surface area contributed by atoms with Gasteiger partial charge in [-0.3, -0.25) is 0 Å². The topological polar surface area (TPSA) is 88.7 Å². The van der Waals surface area contributed by atoms with Gasteiger partial charge in [-0.15, -0.1) is 0 Å². The molecule has 1 aromatic heterocycles. The van der Waals surface area contributed by atoms with Gasteiger partial charge in [0.25, 0.3) is 0 Å². The van der Waals surface area contributed by atoms with Crippen LogP contribution in [0.3, 0.4) is 0 Å². The lowest BCUT2D eigenvalue weighted by Gasteiger charge is -2.39. The maximum absolute atomic E-state index is 11.5. The number of nitrogens with two attached hydrogens (primary N) is 1. The maximum Gasteiger partial charge on any atom is 0.356 e. The van der Waals surface area contributed by atoms with E-state index in [1.807, 2.05) is 11.0 Å². The van der Waals surface area contributed by atoms with E-state index in [1.54, 1.807) is 12.1 Å². The Morgan fingerprint density at radius 3 is 3.11 bits per heavy atom. The summed E-state index contributed by atoms with van der Waals surface area (Å²) in [6.07, 6.45) is 1.68. The largest absolute Gasteiger partial charge is 0.464 e. The molecule has 0 spiro atoms. The first-order valence-electron chi connectivity index (χ1n) is 6.28. The van der Waals surface area contributed by atoms with Crippen LogP contribution in [0, 0.1) is 0 Å². The number of methoxy groups -OCH3 is 1. The Morgan fingerprint density at radius 2 is 2.42 bits per heavy atom. The minimum absolute atomic E-state index is 0.0554. The summed E-state index contributed by atoms with van der Waals surface area (Å²) in [4.78, 5) is 17.7. The zero-order chi connectivity index (χ0) is 13.9. The summed E-state index contributed by atoms with van der Waals surface area (Å²) in [5, 5.41) is 9.35. The fraction of sp³-hybridized carbons (Fsp3) is 0.538. The standard InChI is InChI=1S/C13H19N3O3/c1-19-12(18)10-4-2-5-11(15-10)16-7-3-6-13(14,8-16)9-17/h2,4-5,17H,3,6-9,14H2,1H3. The zero-order valence-electron chi connectivity index (χ0n) is 11.0. The van der Waals surface area contributed by atoms with E-state index in [-0.39, 0.29) is 12.3 Å². The number of aliphatic hydroxyl groups excluding tert-OH is 1. The van der Waals surface area contributed by atoms with Gasteiger partial charge in [0.1, 0.15) is 5.82 Å². The Labute approximate surface area is 112 Å². The number of pyridine rings is 1. The number of hydrogen-bond donors (Lipinski definition) is 2. The predicted molar refractivity (Wildman–Crippen MR) is 71.0 cm³/mol. The van der Waals surface area contributed by atoms with E-state index in [1.165, 1.54) is 7.11 Å². The molecule has 1 aliphatic heterocycles. The number of aromatic nitrogens is 1. The summed E-state index contributed by atoms with van der Waals surface area (Å²) < 4.78 is 4.66. The fourth-order valence-corrected chi connectivity index (χ4v) is 2.30. The SMILES string of the molecule is COC(=O)c1cccc(N2CCCC(N)(CO)C2)n1. The van der Waals surface area contributed by atoms with Crippen molar-refractivity contribution in [2.75, 3.05) is 31.7 Å². The van der Waals surface area contributed by atoms with Gasteiger partial charge in [-0.1, -0.05) is 6.07 Å². The number of aliphatic hydroxyl groups is 1. The lowest BCUT2D eigenvalue weighted by molar-refractivity contribution is 0.0594. The third-order valence-corrected chi connectivity index (χ3v) is 3.38. The monoisotopic (exact) mass is 265 g/mol. The highest BCUT2D eigenvalue weighted by Crippen LogP contribution is 2.23. The molecule has 1 atom stereocenters. The van der Waals surface area contributed by atoms with E-state index in [9.17, 15) is 9.90 Å². The van der Waals surface area contributed by atoms with Crippen molar-refractivity contribution >= 4 is 11.8 Å². The van der Waals surface area contributed by atoms with Crippen molar-refractivity contribution in [2.45, 2.75) is 18.4 Å². The molecule has 2 rings (SSSR count). The first-order chi connectivity index (χ1) is 9.08. The van der Waals surface area contributed by atoms with Crippen LogP contribution >= 0.6 is 0 Å². The molecule has 1 aromatic rings. The van der Waals surface area contributed by atoms with E-state index in [0.29, 0.717) is 12.4 Å². The average molecular weight is 265 g/mol. The number of piperidine rings is 1. The van der Waals surface area contributed by atoms with Gasteiger partial charge in [0.15, 0.2) is 5.69 Å². The zero-order valence-corrected chi connectivity index (χ0v) is 11.0. The van der Waals surface area contributed by atoms with Gasteiger partial charge in [0.2, 0.25) is 0 Å². The van der Waals surface area contributed by atoms with Crippen molar-refractivity contribution in [3.8, 4) is 0 Å². The Kier molecular flexibility index (Phi) is 4.01. The molecular weight excluding hydrogens is 246 g/mol. The molecule has 0 bridgehead atoms. The lowest BCUT2D eigenvalue weighted by Crippen LogP contribution is -2.57. The van der Waals surface area contributed by atoms with E-state index < -0.39 is 11.5 Å². The Bertz CT molecular complexity index is 466. The molecule has 1 unspecified atom stereocenters. The van der Waals surface area contributed by atoms with Gasteiger partial charge in [-0.05, 0) is 25.0 Å². The molecule has 0 amide bonds. The van der Waals surface area contributed by atoms with Gasteiger partial charge in [-0.2, -0.15) is 0 Å². The van der Waals surface area contributed by atoms with Crippen LogP contribution in [0.15, 0.2) is 18.2 Å². The van der Waals surface area contributed by atoms with Gasteiger partial charge < -0.3 is 20.5 Å². The molecule has 6 nitrogen and oxygen atoms in total. The number of ether oxygens (including phenoxy) is 1. The highest BCUT2D eigenvalue weighted by molar-refractivity contribution is 5.87. The van der Waals surface area contributed by atoms with Crippen LogP contribution < -0.4 is 10.6 Å². The van der Waals surface area contributed by atoms with Gasteiger partial charge in [0.05, 0.1) is 19.3 Å². The summed E-state index contributed by atoms with van der Waals surface area (Å²) >= 11 is 0. The van der Waals surface area contributed by atoms with Crippen LogP contribution in [0.2, 0.25) is 0 Å². The number of carbonyl (C=O) groups is 1. The third-order valence-electron chi connectivity index (χ3n) is 3.38. The van der Waals surface area contributed by atoms with Gasteiger partial charge >= 0.3 is 5.97 Å². The summed E-state index contributed by atoms with van der Waals surface area (Å²) in [5.74, 6) is 0.228. The molecule has 0 saturated carbocycles. The van der Waals surface area contributed by atoms with E-state index in [4.69, 9.17) is 5.73 Å². The van der Waals surface area contributed by atoms with Gasteiger partial charge in [0, 0.05) is 13.1 Å². The molecule has 0 aromatic carbocycles. The van der Waals surface area contributed by atoms with Crippen molar-refractivity contribution in [1.82, 2.24) is 4.98 Å². The molecule has 2 heterocycles. The minimum Gasteiger partial charge on any atom is -0.464 e. The quantitative estimate of drug-likeness (QED) is 0.757. The second-order valence-electron chi connectivity index (χ2n) is 4.92. The normalized spacial score (nSPS) is 23.2. The smallest absolute Gasteiger partial charge is 0.356 e. The van der Waals surface area contributed by atoms with Crippen molar-refractivity contribution in [1.29, 1.82) is 0 Å². The fourth-order valence-electron chi connectivity index (χ4n) is 2.30. The summed E-state index contributed by atoms with van der Waals surface area (Å²) in [5.41, 5.74) is 5.78. The van der Waals surface area contributed by atoms with Crippen molar-refractivity contribution in [3.63, 3.8) is 0 Å². The minimum atomic E-state index is -0.596. The number of carbonyl (C=O) groups excluding carboxylic acids is 1. The second-order valence-corrected chi connectivity index (χ2v) is 4.92. The Hall–Kier alpha value is -1.66. The highest BCUT2D eigenvalue weighted by Gasteiger charge is 2.31.